The van der Waals surface area contributed by atoms with Crippen LogP contribution < -0.4 is 0 Å². The SMILES string of the molecule is C=C1CCC[C@]2(C)C[C@H]3OC(=O)/C(=C/S(=O)c4ccccc4)[C@H]3CC12. The molecular formula is C21H24O3S. The normalized spacial score (nSPS) is 37.3. The highest BCUT2D eigenvalue weighted by Crippen LogP contribution is 2.56. The van der Waals surface area contributed by atoms with Gasteiger partial charge in [-0.3, -0.25) is 0 Å². The molecule has 1 saturated heterocycles. The van der Waals surface area contributed by atoms with Crippen molar-refractivity contribution in [2.45, 2.75) is 50.0 Å². The topological polar surface area (TPSA) is 43.4 Å². The lowest BCUT2D eigenvalue weighted by atomic mass is 9.56. The molecule has 4 heteroatoms. The Hall–Kier alpha value is -1.68. The molecule has 0 bridgehead atoms. The zero-order valence-corrected chi connectivity index (χ0v) is 15.4. The van der Waals surface area contributed by atoms with Crippen molar-refractivity contribution in [3.63, 3.8) is 0 Å². The summed E-state index contributed by atoms with van der Waals surface area (Å²) in [5, 5.41) is 1.62. The second kappa shape index (κ2) is 6.24. The van der Waals surface area contributed by atoms with E-state index in [1.165, 1.54) is 18.4 Å². The molecule has 4 rings (SSSR count). The Balaban J connectivity index is 1.63. The van der Waals surface area contributed by atoms with Gasteiger partial charge in [-0.2, -0.15) is 0 Å². The Labute approximate surface area is 151 Å². The van der Waals surface area contributed by atoms with Crippen molar-refractivity contribution in [3.8, 4) is 0 Å². The number of rotatable bonds is 2. The maximum atomic E-state index is 12.6. The van der Waals surface area contributed by atoms with Gasteiger partial charge in [0, 0.05) is 16.2 Å². The molecule has 5 atom stereocenters. The second-order valence-electron chi connectivity index (χ2n) is 7.89. The lowest BCUT2D eigenvalue weighted by Crippen LogP contribution is -2.43. The molecule has 0 radical (unpaired) electrons. The van der Waals surface area contributed by atoms with E-state index < -0.39 is 10.8 Å². The fraction of sp³-hybridized carbons (Fsp3) is 0.476. The van der Waals surface area contributed by atoms with Crippen LogP contribution in [0, 0.1) is 17.3 Å². The van der Waals surface area contributed by atoms with E-state index in [2.05, 4.69) is 13.5 Å². The first-order valence-corrected chi connectivity index (χ1v) is 10.3. The highest BCUT2D eigenvalue weighted by atomic mass is 32.2. The van der Waals surface area contributed by atoms with Gasteiger partial charge in [0.25, 0.3) is 0 Å². The number of esters is 1. The van der Waals surface area contributed by atoms with Crippen molar-refractivity contribution in [3.05, 3.63) is 53.5 Å². The third kappa shape index (κ3) is 2.91. The lowest BCUT2D eigenvalue weighted by molar-refractivity contribution is -0.142. The van der Waals surface area contributed by atoms with Crippen molar-refractivity contribution >= 4 is 16.8 Å². The zero-order chi connectivity index (χ0) is 17.6. The molecule has 3 aliphatic rings. The highest BCUT2D eigenvalue weighted by molar-refractivity contribution is 7.88. The summed E-state index contributed by atoms with van der Waals surface area (Å²) in [5.74, 6) is 0.200. The fourth-order valence-corrected chi connectivity index (χ4v) is 6.01. The monoisotopic (exact) mass is 356 g/mol. The minimum atomic E-state index is -1.32. The van der Waals surface area contributed by atoms with Crippen LogP contribution in [0.1, 0.15) is 39.0 Å². The zero-order valence-electron chi connectivity index (χ0n) is 14.6. The molecule has 0 N–H and O–H groups in total. The quantitative estimate of drug-likeness (QED) is 0.449. The van der Waals surface area contributed by atoms with Crippen LogP contribution in [0.15, 0.2) is 58.4 Å². The predicted molar refractivity (Wildman–Crippen MR) is 98.1 cm³/mol. The molecule has 1 aliphatic heterocycles. The first kappa shape index (κ1) is 16.8. The summed E-state index contributed by atoms with van der Waals surface area (Å²) in [6.07, 6.45) is 5.15. The maximum absolute atomic E-state index is 12.6. The number of hydrogen-bond donors (Lipinski definition) is 0. The number of carbonyl (C=O) groups is 1. The first-order chi connectivity index (χ1) is 12.0. The number of fused-ring (bicyclic) bond motifs is 2. The van der Waals surface area contributed by atoms with Gasteiger partial charge in [0.1, 0.15) is 6.10 Å². The van der Waals surface area contributed by atoms with Crippen LogP contribution in [-0.2, 0) is 20.3 Å². The molecular weight excluding hydrogens is 332 g/mol. The number of hydrogen-bond acceptors (Lipinski definition) is 3. The van der Waals surface area contributed by atoms with E-state index in [1.807, 2.05) is 30.3 Å². The average molecular weight is 356 g/mol. The van der Waals surface area contributed by atoms with Gasteiger partial charge < -0.3 is 4.74 Å². The Bertz CT molecular complexity index is 767. The van der Waals surface area contributed by atoms with Crippen molar-refractivity contribution < 1.29 is 13.7 Å². The Morgan fingerprint density at radius 1 is 1.32 bits per heavy atom. The van der Waals surface area contributed by atoms with Gasteiger partial charge >= 0.3 is 5.97 Å². The van der Waals surface area contributed by atoms with Crippen LogP contribution >= 0.6 is 0 Å². The molecule has 25 heavy (non-hydrogen) atoms. The van der Waals surface area contributed by atoms with Crippen LogP contribution in [0.5, 0.6) is 0 Å². The standard InChI is InChI=1S/C21H24O3S/c1-14-7-6-10-21(2)12-19-16(11-18(14)21)17(20(22)24-19)13-25(23)15-8-4-3-5-9-15/h3-5,8-9,13,16,18-19H,1,6-7,10-12H2,2H3/b17-13+/t16-,18?,19-,21-,25?/m1/s1. The van der Waals surface area contributed by atoms with Crippen LogP contribution in [0.4, 0.5) is 0 Å². The summed E-state index contributed by atoms with van der Waals surface area (Å²) in [6, 6.07) is 9.27. The van der Waals surface area contributed by atoms with Crippen molar-refractivity contribution in [1.29, 1.82) is 0 Å². The number of ether oxygens (including phenoxy) is 1. The summed E-state index contributed by atoms with van der Waals surface area (Å²) >= 11 is 0. The molecule has 0 spiro atoms. The number of allylic oxidation sites excluding steroid dienone is 1. The van der Waals surface area contributed by atoms with E-state index in [-0.39, 0.29) is 23.4 Å². The Morgan fingerprint density at radius 2 is 2.08 bits per heavy atom. The molecule has 0 aromatic heterocycles. The van der Waals surface area contributed by atoms with Crippen LogP contribution in [0.25, 0.3) is 0 Å². The molecule has 0 amide bonds. The van der Waals surface area contributed by atoms with Crippen LogP contribution in [-0.4, -0.2) is 16.3 Å². The average Bonchev–Trinajstić information content (AvgIpc) is 2.88. The molecule has 2 saturated carbocycles. The van der Waals surface area contributed by atoms with Crippen molar-refractivity contribution in [1.82, 2.24) is 0 Å². The van der Waals surface area contributed by atoms with Crippen molar-refractivity contribution in [2.75, 3.05) is 0 Å². The van der Waals surface area contributed by atoms with Gasteiger partial charge in [-0.05, 0) is 55.6 Å². The van der Waals surface area contributed by atoms with E-state index >= 15 is 0 Å². The molecule has 2 unspecified atom stereocenters. The predicted octanol–water partition coefficient (Wildman–Crippen LogP) is 4.38. The number of benzene rings is 1. The molecule has 3 fully saturated rings. The van der Waals surface area contributed by atoms with Gasteiger partial charge in [-0.25, -0.2) is 9.00 Å². The molecule has 1 heterocycles. The van der Waals surface area contributed by atoms with E-state index in [9.17, 15) is 9.00 Å². The van der Waals surface area contributed by atoms with Gasteiger partial charge in [0.2, 0.25) is 0 Å². The van der Waals surface area contributed by atoms with Crippen molar-refractivity contribution in [2.24, 2.45) is 17.3 Å². The first-order valence-electron chi connectivity index (χ1n) is 9.04. The molecule has 1 aromatic rings. The largest absolute Gasteiger partial charge is 0.458 e. The summed E-state index contributed by atoms with van der Waals surface area (Å²) in [4.78, 5) is 13.2. The van der Waals surface area contributed by atoms with E-state index in [1.54, 1.807) is 5.41 Å². The van der Waals surface area contributed by atoms with Crippen LogP contribution in [0.3, 0.4) is 0 Å². The van der Waals surface area contributed by atoms with Gasteiger partial charge in [-0.15, -0.1) is 0 Å². The van der Waals surface area contributed by atoms with Gasteiger partial charge in [-0.1, -0.05) is 37.3 Å². The second-order valence-corrected chi connectivity index (χ2v) is 9.19. The third-order valence-corrected chi connectivity index (χ3v) is 7.49. The minimum Gasteiger partial charge on any atom is -0.458 e. The maximum Gasteiger partial charge on any atom is 0.335 e. The van der Waals surface area contributed by atoms with Gasteiger partial charge in [0.05, 0.1) is 16.4 Å². The molecule has 132 valence electrons. The van der Waals surface area contributed by atoms with Gasteiger partial charge in [0.15, 0.2) is 0 Å². The van der Waals surface area contributed by atoms with E-state index in [0.29, 0.717) is 16.4 Å². The summed E-state index contributed by atoms with van der Waals surface area (Å²) in [6.45, 7) is 6.62. The van der Waals surface area contributed by atoms with E-state index in [0.717, 1.165) is 19.3 Å². The Morgan fingerprint density at radius 3 is 2.84 bits per heavy atom. The molecule has 3 nitrogen and oxygen atoms in total. The molecule has 2 aliphatic carbocycles. The number of carbonyl (C=O) groups excluding carboxylic acids is 1. The summed E-state index contributed by atoms with van der Waals surface area (Å²) in [5.41, 5.74) is 2.10. The summed E-state index contributed by atoms with van der Waals surface area (Å²) in [7, 11) is -1.32. The highest BCUT2D eigenvalue weighted by Gasteiger charge is 2.53. The van der Waals surface area contributed by atoms with E-state index in [4.69, 9.17) is 4.74 Å². The smallest absolute Gasteiger partial charge is 0.335 e. The third-order valence-electron chi connectivity index (χ3n) is 6.29. The van der Waals surface area contributed by atoms with Crippen LogP contribution in [0.2, 0.25) is 0 Å². The minimum absolute atomic E-state index is 0.0492. The Kier molecular flexibility index (Phi) is 4.19. The molecule has 1 aromatic carbocycles. The fourth-order valence-electron chi connectivity index (χ4n) is 4.95. The lowest BCUT2D eigenvalue weighted by Gasteiger charge is -2.49. The summed E-state index contributed by atoms with van der Waals surface area (Å²) < 4.78 is 18.3.